The lowest BCUT2D eigenvalue weighted by Crippen LogP contribution is -2.54. The van der Waals surface area contributed by atoms with Gasteiger partial charge in [-0.2, -0.15) is 0 Å². The van der Waals surface area contributed by atoms with Crippen LogP contribution in [0.2, 0.25) is 0 Å². The molecule has 0 bridgehead atoms. The van der Waals surface area contributed by atoms with E-state index in [2.05, 4.69) is 24.1 Å². The Hall–Kier alpha value is -1.55. The number of rotatable bonds is 3. The third kappa shape index (κ3) is 2.64. The molecular weight excluding hydrogens is 228 g/mol. The van der Waals surface area contributed by atoms with Crippen LogP contribution in [0.4, 0.5) is 5.69 Å². The van der Waals surface area contributed by atoms with E-state index in [9.17, 15) is 4.79 Å². The molecule has 1 aromatic carbocycles. The molecule has 0 radical (unpaired) electrons. The number of hydrogen-bond donors (Lipinski definition) is 1. The smallest absolute Gasteiger partial charge is 0.153 e. The molecule has 4 nitrogen and oxygen atoms in total. The van der Waals surface area contributed by atoms with Gasteiger partial charge in [0.15, 0.2) is 6.29 Å². The Bertz CT molecular complexity index is 424. The average molecular weight is 248 g/mol. The van der Waals surface area contributed by atoms with Crippen molar-refractivity contribution in [1.29, 1.82) is 0 Å². The number of hydrogen-bond acceptors (Lipinski definition) is 4. The maximum Gasteiger partial charge on any atom is 0.153 e. The third-order valence-electron chi connectivity index (χ3n) is 3.27. The number of ether oxygens (including phenoxy) is 1. The van der Waals surface area contributed by atoms with Crippen molar-refractivity contribution in [2.45, 2.75) is 25.9 Å². The van der Waals surface area contributed by atoms with Crippen LogP contribution >= 0.6 is 0 Å². The van der Waals surface area contributed by atoms with Crippen molar-refractivity contribution >= 4 is 12.0 Å². The van der Waals surface area contributed by atoms with E-state index in [0.29, 0.717) is 23.4 Å². The number of piperazine rings is 1. The Kier molecular flexibility index (Phi) is 3.87. The molecule has 0 amide bonds. The molecule has 1 aliphatic rings. The van der Waals surface area contributed by atoms with Crippen LogP contribution in [0.3, 0.4) is 0 Å². The number of anilines is 1. The molecule has 0 aromatic heterocycles. The lowest BCUT2D eigenvalue weighted by Gasteiger charge is -2.37. The van der Waals surface area contributed by atoms with E-state index in [1.165, 1.54) is 0 Å². The predicted molar refractivity (Wildman–Crippen MR) is 72.7 cm³/mol. The first-order valence-electron chi connectivity index (χ1n) is 6.28. The van der Waals surface area contributed by atoms with Gasteiger partial charge in [-0.15, -0.1) is 0 Å². The Morgan fingerprint density at radius 3 is 2.56 bits per heavy atom. The highest BCUT2D eigenvalue weighted by Gasteiger charge is 2.21. The summed E-state index contributed by atoms with van der Waals surface area (Å²) >= 11 is 0. The van der Waals surface area contributed by atoms with Gasteiger partial charge in [-0.3, -0.25) is 4.79 Å². The van der Waals surface area contributed by atoms with Gasteiger partial charge in [0.2, 0.25) is 0 Å². The fourth-order valence-corrected chi connectivity index (χ4v) is 2.53. The summed E-state index contributed by atoms with van der Waals surface area (Å²) in [5, 5.41) is 3.50. The van der Waals surface area contributed by atoms with Crippen LogP contribution in [0, 0.1) is 0 Å². The molecule has 1 heterocycles. The van der Waals surface area contributed by atoms with E-state index < -0.39 is 0 Å². The van der Waals surface area contributed by atoms with Gasteiger partial charge >= 0.3 is 0 Å². The van der Waals surface area contributed by atoms with Crippen molar-refractivity contribution < 1.29 is 9.53 Å². The van der Waals surface area contributed by atoms with E-state index in [4.69, 9.17) is 4.74 Å². The van der Waals surface area contributed by atoms with Crippen molar-refractivity contribution in [3.8, 4) is 5.75 Å². The minimum Gasteiger partial charge on any atom is -0.496 e. The molecule has 0 saturated carbocycles. The SMILES string of the molecule is COc1cc(N2CC(C)NC(C)C2)ccc1C=O. The van der Waals surface area contributed by atoms with E-state index in [1.54, 1.807) is 7.11 Å². The summed E-state index contributed by atoms with van der Waals surface area (Å²) in [6.45, 7) is 6.29. The summed E-state index contributed by atoms with van der Waals surface area (Å²) in [6.07, 6.45) is 0.825. The first-order valence-corrected chi connectivity index (χ1v) is 6.28. The predicted octanol–water partition coefficient (Wildman–Crippen LogP) is 1.69. The zero-order valence-electron chi connectivity index (χ0n) is 11.1. The van der Waals surface area contributed by atoms with Crippen LogP contribution in [0.15, 0.2) is 18.2 Å². The quantitative estimate of drug-likeness (QED) is 0.827. The fraction of sp³-hybridized carbons (Fsp3) is 0.500. The van der Waals surface area contributed by atoms with E-state index in [0.717, 1.165) is 25.1 Å². The van der Waals surface area contributed by atoms with Gasteiger partial charge in [-0.25, -0.2) is 0 Å². The molecule has 0 spiro atoms. The van der Waals surface area contributed by atoms with Crippen LogP contribution in [0.5, 0.6) is 5.75 Å². The monoisotopic (exact) mass is 248 g/mol. The maximum atomic E-state index is 10.9. The van der Waals surface area contributed by atoms with Crippen molar-refractivity contribution in [1.82, 2.24) is 5.32 Å². The van der Waals surface area contributed by atoms with Gasteiger partial charge in [0.25, 0.3) is 0 Å². The highest BCUT2D eigenvalue weighted by molar-refractivity contribution is 5.80. The number of methoxy groups -OCH3 is 1. The Morgan fingerprint density at radius 1 is 1.33 bits per heavy atom. The second kappa shape index (κ2) is 5.40. The van der Waals surface area contributed by atoms with Crippen molar-refractivity contribution in [3.05, 3.63) is 23.8 Å². The highest BCUT2D eigenvalue weighted by Crippen LogP contribution is 2.25. The van der Waals surface area contributed by atoms with Gasteiger partial charge < -0.3 is 15.0 Å². The summed E-state index contributed by atoms with van der Waals surface area (Å²) in [5.41, 5.74) is 1.70. The van der Waals surface area contributed by atoms with Crippen LogP contribution in [-0.4, -0.2) is 38.6 Å². The average Bonchev–Trinajstić information content (AvgIpc) is 2.36. The van der Waals surface area contributed by atoms with E-state index in [-0.39, 0.29) is 0 Å². The zero-order chi connectivity index (χ0) is 13.1. The highest BCUT2D eigenvalue weighted by atomic mass is 16.5. The Labute approximate surface area is 108 Å². The summed E-state index contributed by atoms with van der Waals surface area (Å²) in [6, 6.07) is 6.67. The lowest BCUT2D eigenvalue weighted by atomic mass is 10.1. The van der Waals surface area contributed by atoms with E-state index in [1.807, 2.05) is 18.2 Å². The largest absolute Gasteiger partial charge is 0.496 e. The molecule has 18 heavy (non-hydrogen) atoms. The van der Waals surface area contributed by atoms with Gasteiger partial charge in [0.05, 0.1) is 12.7 Å². The van der Waals surface area contributed by atoms with Gasteiger partial charge in [0.1, 0.15) is 5.75 Å². The minimum absolute atomic E-state index is 0.463. The number of carbonyl (C=O) groups is 1. The van der Waals surface area contributed by atoms with E-state index >= 15 is 0 Å². The van der Waals surface area contributed by atoms with Gasteiger partial charge in [0, 0.05) is 36.9 Å². The lowest BCUT2D eigenvalue weighted by molar-refractivity contribution is 0.112. The maximum absolute atomic E-state index is 10.9. The van der Waals surface area contributed by atoms with Gasteiger partial charge in [-0.05, 0) is 26.0 Å². The standard InChI is InChI=1S/C14H20N2O2/c1-10-7-16(8-11(2)15-10)13-5-4-12(9-17)14(6-13)18-3/h4-6,9-11,15H,7-8H2,1-3H3. The van der Waals surface area contributed by atoms with Gasteiger partial charge in [-0.1, -0.05) is 0 Å². The van der Waals surface area contributed by atoms with Crippen LogP contribution in [0.1, 0.15) is 24.2 Å². The molecule has 0 aliphatic carbocycles. The summed E-state index contributed by atoms with van der Waals surface area (Å²) in [5.74, 6) is 0.640. The van der Waals surface area contributed by atoms with Crippen molar-refractivity contribution in [3.63, 3.8) is 0 Å². The van der Waals surface area contributed by atoms with Crippen LogP contribution < -0.4 is 15.0 Å². The minimum atomic E-state index is 0.463. The number of benzene rings is 1. The first kappa shape index (κ1) is 12.9. The fourth-order valence-electron chi connectivity index (χ4n) is 2.53. The molecule has 1 aromatic rings. The second-order valence-electron chi connectivity index (χ2n) is 4.92. The topological polar surface area (TPSA) is 41.6 Å². The third-order valence-corrected chi connectivity index (χ3v) is 3.27. The number of nitrogens with zero attached hydrogens (tertiary/aromatic N) is 1. The number of aldehydes is 1. The summed E-state index contributed by atoms with van der Waals surface area (Å²) in [4.78, 5) is 13.2. The molecular formula is C14H20N2O2. The zero-order valence-corrected chi connectivity index (χ0v) is 11.1. The van der Waals surface area contributed by atoms with Crippen LogP contribution in [0.25, 0.3) is 0 Å². The molecule has 2 rings (SSSR count). The number of nitrogens with one attached hydrogen (secondary N) is 1. The normalized spacial score (nSPS) is 23.8. The summed E-state index contributed by atoms with van der Waals surface area (Å²) < 4.78 is 5.25. The molecule has 1 N–H and O–H groups in total. The Morgan fingerprint density at radius 2 is 2.00 bits per heavy atom. The molecule has 98 valence electrons. The molecule has 1 aliphatic heterocycles. The molecule has 2 unspecified atom stereocenters. The summed E-state index contributed by atoms with van der Waals surface area (Å²) in [7, 11) is 1.59. The van der Waals surface area contributed by atoms with Crippen molar-refractivity contribution in [2.24, 2.45) is 0 Å². The first-order chi connectivity index (χ1) is 8.63. The van der Waals surface area contributed by atoms with Crippen molar-refractivity contribution in [2.75, 3.05) is 25.1 Å². The molecule has 4 heteroatoms. The number of carbonyl (C=O) groups excluding carboxylic acids is 1. The van der Waals surface area contributed by atoms with Crippen LogP contribution in [-0.2, 0) is 0 Å². The Balaban J connectivity index is 2.25. The second-order valence-corrected chi connectivity index (χ2v) is 4.92. The molecule has 1 saturated heterocycles. The molecule has 1 fully saturated rings. The molecule has 2 atom stereocenters.